The fourth-order valence-corrected chi connectivity index (χ4v) is 0.853. The van der Waals surface area contributed by atoms with Gasteiger partial charge in [-0.3, -0.25) is 14.3 Å². The minimum absolute atomic E-state index is 0.291. The van der Waals surface area contributed by atoms with Crippen LogP contribution < -0.4 is 5.32 Å². The second-order valence-electron chi connectivity index (χ2n) is 2.72. The van der Waals surface area contributed by atoms with E-state index in [0.717, 1.165) is 5.69 Å². The van der Waals surface area contributed by atoms with Gasteiger partial charge in [-0.1, -0.05) is 0 Å². The third kappa shape index (κ3) is 2.70. The van der Waals surface area contributed by atoms with Crippen molar-refractivity contribution < 1.29 is 9.59 Å². The highest BCUT2D eigenvalue weighted by molar-refractivity contribution is 6.35. The van der Waals surface area contributed by atoms with Crippen LogP contribution >= 0.6 is 0 Å². The zero-order valence-electron chi connectivity index (χ0n) is 7.57. The second kappa shape index (κ2) is 3.84. The van der Waals surface area contributed by atoms with E-state index in [-0.39, 0.29) is 0 Å². The number of hydrogen-bond acceptors (Lipinski definition) is 3. The summed E-state index contributed by atoms with van der Waals surface area (Å²) in [4.78, 5) is 21.4. The Hall–Kier alpha value is -1.65. The molecule has 0 spiro atoms. The summed E-state index contributed by atoms with van der Waals surface area (Å²) in [6.45, 7) is 1.52. The molecule has 1 aromatic rings. The number of aromatic nitrogens is 2. The fourth-order valence-electron chi connectivity index (χ4n) is 0.853. The summed E-state index contributed by atoms with van der Waals surface area (Å²) in [5, 5.41) is 6.48. The van der Waals surface area contributed by atoms with Gasteiger partial charge in [0, 0.05) is 20.2 Å². The van der Waals surface area contributed by atoms with Crippen LogP contribution in [0.3, 0.4) is 0 Å². The fraction of sp³-hybridized carbons (Fsp3) is 0.375. The molecule has 1 aromatic heterocycles. The number of hydrogen-bond donors (Lipinski definition) is 1. The van der Waals surface area contributed by atoms with Gasteiger partial charge in [-0.25, -0.2) is 0 Å². The van der Waals surface area contributed by atoms with Gasteiger partial charge in [0.15, 0.2) is 0 Å². The number of Topliss-reactive ketones (excluding diaryl/α,β-unsaturated/α-hetero) is 1. The molecule has 1 N–H and O–H groups in total. The first-order valence-electron chi connectivity index (χ1n) is 3.87. The summed E-state index contributed by atoms with van der Waals surface area (Å²) >= 11 is 0. The molecule has 5 heteroatoms. The van der Waals surface area contributed by atoms with E-state index in [2.05, 4.69) is 10.4 Å². The Kier molecular flexibility index (Phi) is 2.79. The maximum absolute atomic E-state index is 10.8. The van der Waals surface area contributed by atoms with Gasteiger partial charge in [-0.15, -0.1) is 0 Å². The molecular formula is C8H11N3O2. The van der Waals surface area contributed by atoms with Crippen LogP contribution in [-0.2, 0) is 23.2 Å². The summed E-state index contributed by atoms with van der Waals surface area (Å²) in [5.41, 5.74) is 0.733. The highest BCUT2D eigenvalue weighted by Crippen LogP contribution is 1.92. The van der Waals surface area contributed by atoms with Crippen LogP contribution in [0.25, 0.3) is 0 Å². The van der Waals surface area contributed by atoms with Gasteiger partial charge in [-0.05, 0) is 6.07 Å². The molecule has 0 aromatic carbocycles. The maximum Gasteiger partial charge on any atom is 0.287 e. The minimum atomic E-state index is -0.578. The van der Waals surface area contributed by atoms with Crippen molar-refractivity contribution in [1.82, 2.24) is 15.1 Å². The van der Waals surface area contributed by atoms with Crippen molar-refractivity contribution in [2.24, 2.45) is 7.05 Å². The second-order valence-corrected chi connectivity index (χ2v) is 2.72. The molecule has 1 amide bonds. The first-order chi connectivity index (χ1) is 6.09. The lowest BCUT2D eigenvalue weighted by atomic mass is 10.4. The number of rotatable bonds is 3. The highest BCUT2D eigenvalue weighted by atomic mass is 16.2. The quantitative estimate of drug-likeness (QED) is 0.647. The first-order valence-corrected chi connectivity index (χ1v) is 3.87. The van der Waals surface area contributed by atoms with E-state index in [0.29, 0.717) is 6.54 Å². The standard InChI is InChI=1S/C8H11N3O2/c1-6(12)8(13)9-5-7-3-4-11(2)10-7/h3-4H,5H2,1-2H3,(H,9,13). The number of carbonyl (C=O) groups is 2. The van der Waals surface area contributed by atoms with Gasteiger partial charge in [0.2, 0.25) is 5.78 Å². The Morgan fingerprint density at radius 1 is 1.62 bits per heavy atom. The minimum Gasteiger partial charge on any atom is -0.344 e. The number of nitrogens with zero attached hydrogens (tertiary/aromatic N) is 2. The molecule has 1 heterocycles. The predicted molar refractivity (Wildman–Crippen MR) is 45.7 cm³/mol. The van der Waals surface area contributed by atoms with Gasteiger partial charge in [0.1, 0.15) is 0 Å². The van der Waals surface area contributed by atoms with Crippen LogP contribution in [0, 0.1) is 0 Å². The topological polar surface area (TPSA) is 64.0 Å². The molecule has 0 aliphatic carbocycles. The van der Waals surface area contributed by atoms with Gasteiger partial charge in [0.05, 0.1) is 12.2 Å². The molecule has 70 valence electrons. The molecule has 0 saturated carbocycles. The number of nitrogens with one attached hydrogen (secondary N) is 1. The van der Waals surface area contributed by atoms with E-state index in [1.165, 1.54) is 6.92 Å². The van der Waals surface area contributed by atoms with Crippen LogP contribution in [0.1, 0.15) is 12.6 Å². The molecule has 5 nitrogen and oxygen atoms in total. The molecule has 0 unspecified atom stereocenters. The molecule has 0 aliphatic heterocycles. The zero-order valence-corrected chi connectivity index (χ0v) is 7.57. The molecule has 13 heavy (non-hydrogen) atoms. The maximum atomic E-state index is 10.8. The summed E-state index contributed by atoms with van der Waals surface area (Å²) in [5.74, 6) is -1.07. The lowest BCUT2D eigenvalue weighted by Crippen LogP contribution is -2.28. The van der Waals surface area contributed by atoms with Crippen molar-refractivity contribution in [2.45, 2.75) is 13.5 Å². The van der Waals surface area contributed by atoms with Crippen LogP contribution in [0.15, 0.2) is 12.3 Å². The molecular weight excluding hydrogens is 170 g/mol. The van der Waals surface area contributed by atoms with Crippen molar-refractivity contribution in [1.29, 1.82) is 0 Å². The summed E-state index contributed by atoms with van der Waals surface area (Å²) in [6, 6.07) is 1.78. The number of aryl methyl sites for hydroxylation is 1. The lowest BCUT2D eigenvalue weighted by molar-refractivity contribution is -0.136. The molecule has 1 rings (SSSR count). The number of carbonyl (C=O) groups excluding carboxylic acids is 2. The molecule has 0 radical (unpaired) electrons. The Bertz CT molecular complexity index is 330. The van der Waals surface area contributed by atoms with Crippen LogP contribution in [-0.4, -0.2) is 21.5 Å². The zero-order chi connectivity index (χ0) is 9.84. The highest BCUT2D eigenvalue weighted by Gasteiger charge is 2.06. The van der Waals surface area contributed by atoms with E-state index >= 15 is 0 Å². The molecule has 0 bridgehead atoms. The van der Waals surface area contributed by atoms with E-state index < -0.39 is 11.7 Å². The average Bonchev–Trinajstić information content (AvgIpc) is 2.47. The predicted octanol–water partition coefficient (Wildman–Crippen LogP) is -0.375. The van der Waals surface area contributed by atoms with Gasteiger partial charge >= 0.3 is 0 Å². The van der Waals surface area contributed by atoms with Crippen molar-refractivity contribution in [2.75, 3.05) is 0 Å². The normalized spacial score (nSPS) is 9.69. The smallest absolute Gasteiger partial charge is 0.287 e. The molecule has 0 saturated heterocycles. The van der Waals surface area contributed by atoms with E-state index in [9.17, 15) is 9.59 Å². The monoisotopic (exact) mass is 181 g/mol. The summed E-state index contributed by atoms with van der Waals surface area (Å²) in [6.07, 6.45) is 1.77. The molecule has 0 aliphatic rings. The molecule has 0 atom stereocenters. The SMILES string of the molecule is CC(=O)C(=O)NCc1ccn(C)n1. The van der Waals surface area contributed by atoms with Gasteiger partial charge in [-0.2, -0.15) is 5.10 Å². The van der Waals surface area contributed by atoms with E-state index in [1.807, 2.05) is 0 Å². The number of ketones is 1. The van der Waals surface area contributed by atoms with Crippen molar-refractivity contribution in [3.63, 3.8) is 0 Å². The van der Waals surface area contributed by atoms with Crippen molar-refractivity contribution >= 4 is 11.7 Å². The largest absolute Gasteiger partial charge is 0.344 e. The Morgan fingerprint density at radius 2 is 2.31 bits per heavy atom. The van der Waals surface area contributed by atoms with Crippen LogP contribution in [0.4, 0.5) is 0 Å². The number of amides is 1. The molecule has 0 fully saturated rings. The third-order valence-corrected chi connectivity index (χ3v) is 1.52. The Balaban J connectivity index is 2.44. The lowest BCUT2D eigenvalue weighted by Gasteiger charge is -1.98. The Morgan fingerprint density at radius 3 is 2.77 bits per heavy atom. The van der Waals surface area contributed by atoms with E-state index in [4.69, 9.17) is 0 Å². The van der Waals surface area contributed by atoms with Gasteiger partial charge in [0.25, 0.3) is 5.91 Å². The summed E-state index contributed by atoms with van der Waals surface area (Å²) < 4.78 is 1.63. The van der Waals surface area contributed by atoms with Gasteiger partial charge < -0.3 is 5.32 Å². The van der Waals surface area contributed by atoms with Crippen molar-refractivity contribution in [3.8, 4) is 0 Å². The summed E-state index contributed by atoms with van der Waals surface area (Å²) in [7, 11) is 1.79. The van der Waals surface area contributed by atoms with Crippen molar-refractivity contribution in [3.05, 3.63) is 18.0 Å². The van der Waals surface area contributed by atoms with E-state index in [1.54, 1.807) is 24.0 Å². The van der Waals surface area contributed by atoms with Crippen LogP contribution in [0.2, 0.25) is 0 Å². The third-order valence-electron chi connectivity index (χ3n) is 1.52. The first kappa shape index (κ1) is 9.44. The Labute approximate surface area is 75.7 Å². The average molecular weight is 181 g/mol. The van der Waals surface area contributed by atoms with Crippen LogP contribution in [0.5, 0.6) is 0 Å².